The van der Waals surface area contributed by atoms with Gasteiger partial charge in [0.05, 0.1) is 35.9 Å². The molecule has 1 atom stereocenters. The molecule has 1 aliphatic rings. The number of morpholine rings is 1. The number of Topliss-reactive ketones (excluding diaryl/α,β-unsaturated/α-hetero) is 1. The second-order valence-electron chi connectivity index (χ2n) is 8.85. The molecule has 3 rings (SSSR count). The Balaban J connectivity index is 1.77. The maximum absolute atomic E-state index is 13.3. The number of ketones is 1. The molecule has 11 heteroatoms. The number of amides is 2. The van der Waals surface area contributed by atoms with Gasteiger partial charge in [0.1, 0.15) is 5.00 Å². The molecule has 2 aromatic rings. The van der Waals surface area contributed by atoms with Crippen molar-refractivity contribution in [1.29, 1.82) is 0 Å². The number of nitrogens with one attached hydrogen (secondary N) is 1. The summed E-state index contributed by atoms with van der Waals surface area (Å²) in [5.74, 6) is -2.00. The molecule has 2 heterocycles. The number of thiophene rings is 1. The number of hydrogen-bond acceptors (Lipinski definition) is 6. The maximum Gasteiger partial charge on any atom is 0.417 e. The number of nitrogens with zero attached hydrogens (tertiary/aromatic N) is 1. The summed E-state index contributed by atoms with van der Waals surface area (Å²) in [6.07, 6.45) is -4.74. The molecule has 1 saturated heterocycles. The molecule has 7 nitrogen and oxygen atoms in total. The number of carbonyl (C=O) groups excluding carboxylic acids is 3. The molecule has 1 aromatic heterocycles. The summed E-state index contributed by atoms with van der Waals surface area (Å²) in [4.78, 5) is 39.8. The van der Waals surface area contributed by atoms with Crippen molar-refractivity contribution in [3.8, 4) is 0 Å². The van der Waals surface area contributed by atoms with E-state index in [9.17, 15) is 27.6 Å². The van der Waals surface area contributed by atoms with E-state index in [-0.39, 0.29) is 41.0 Å². The highest BCUT2D eigenvalue weighted by atomic mass is 32.1. The predicted molar refractivity (Wildman–Crippen MR) is 122 cm³/mol. The predicted octanol–water partition coefficient (Wildman–Crippen LogP) is 3.73. The van der Waals surface area contributed by atoms with Crippen LogP contribution in [0.1, 0.15) is 51.9 Å². The lowest BCUT2D eigenvalue weighted by Gasteiger charge is -2.44. The van der Waals surface area contributed by atoms with E-state index in [4.69, 9.17) is 10.5 Å². The van der Waals surface area contributed by atoms with Gasteiger partial charge in [-0.2, -0.15) is 13.2 Å². The number of primary amides is 1. The van der Waals surface area contributed by atoms with Gasteiger partial charge in [0, 0.05) is 23.4 Å². The van der Waals surface area contributed by atoms with Gasteiger partial charge in [-0.1, -0.05) is 12.1 Å². The van der Waals surface area contributed by atoms with Crippen LogP contribution in [0.25, 0.3) is 0 Å². The Labute approximate surface area is 199 Å². The second-order valence-corrected chi connectivity index (χ2v) is 9.98. The van der Waals surface area contributed by atoms with Crippen LogP contribution in [-0.4, -0.2) is 53.8 Å². The van der Waals surface area contributed by atoms with Crippen molar-refractivity contribution in [2.24, 2.45) is 5.73 Å². The first-order valence-corrected chi connectivity index (χ1v) is 11.4. The SMILES string of the molecule is CC1CN(CC(=O)Cc2cc(C(N)=O)c(NC(=O)c3ccccc3C(F)(F)F)s2)C(C)(C)CO1. The largest absolute Gasteiger partial charge is 0.417 e. The second kappa shape index (κ2) is 9.85. The molecule has 0 aliphatic carbocycles. The lowest BCUT2D eigenvalue weighted by Crippen LogP contribution is -2.56. The Kier molecular flexibility index (Phi) is 7.49. The van der Waals surface area contributed by atoms with E-state index in [0.717, 1.165) is 23.5 Å². The Morgan fingerprint density at radius 2 is 1.91 bits per heavy atom. The van der Waals surface area contributed by atoms with Crippen LogP contribution in [0.3, 0.4) is 0 Å². The van der Waals surface area contributed by atoms with Crippen LogP contribution < -0.4 is 11.1 Å². The highest BCUT2D eigenvalue weighted by Crippen LogP contribution is 2.34. The molecule has 0 radical (unpaired) electrons. The van der Waals surface area contributed by atoms with Crippen molar-refractivity contribution in [3.63, 3.8) is 0 Å². The van der Waals surface area contributed by atoms with Crippen molar-refractivity contribution in [2.75, 3.05) is 25.0 Å². The van der Waals surface area contributed by atoms with Gasteiger partial charge in [0.25, 0.3) is 11.8 Å². The van der Waals surface area contributed by atoms with E-state index < -0.39 is 29.1 Å². The molecule has 0 saturated carbocycles. The van der Waals surface area contributed by atoms with E-state index in [1.54, 1.807) is 0 Å². The van der Waals surface area contributed by atoms with Crippen molar-refractivity contribution in [2.45, 2.75) is 45.0 Å². The molecule has 34 heavy (non-hydrogen) atoms. The number of nitrogens with two attached hydrogens (primary N) is 1. The summed E-state index contributed by atoms with van der Waals surface area (Å²) in [7, 11) is 0. The normalized spacial score (nSPS) is 18.5. The fourth-order valence-electron chi connectivity index (χ4n) is 3.69. The highest BCUT2D eigenvalue weighted by molar-refractivity contribution is 7.16. The van der Waals surface area contributed by atoms with Crippen LogP contribution in [0.2, 0.25) is 0 Å². The molecule has 1 unspecified atom stereocenters. The summed E-state index contributed by atoms with van der Waals surface area (Å²) >= 11 is 0.937. The zero-order valence-corrected chi connectivity index (χ0v) is 19.8. The van der Waals surface area contributed by atoms with E-state index >= 15 is 0 Å². The maximum atomic E-state index is 13.3. The Hall–Kier alpha value is -2.76. The summed E-state index contributed by atoms with van der Waals surface area (Å²) in [6.45, 7) is 7.14. The highest BCUT2D eigenvalue weighted by Gasteiger charge is 2.36. The van der Waals surface area contributed by atoms with Crippen LogP contribution >= 0.6 is 11.3 Å². The molecule has 2 amide bonds. The van der Waals surface area contributed by atoms with Crippen LogP contribution in [-0.2, 0) is 22.1 Å². The van der Waals surface area contributed by atoms with Crippen molar-refractivity contribution in [1.82, 2.24) is 4.90 Å². The summed E-state index contributed by atoms with van der Waals surface area (Å²) in [6, 6.07) is 5.73. The number of carbonyl (C=O) groups is 3. The van der Waals surface area contributed by atoms with Crippen LogP contribution in [0, 0.1) is 0 Å². The lowest BCUT2D eigenvalue weighted by molar-refractivity contribution is -0.138. The molecule has 0 spiro atoms. The van der Waals surface area contributed by atoms with Gasteiger partial charge < -0.3 is 15.8 Å². The van der Waals surface area contributed by atoms with Crippen LogP contribution in [0.15, 0.2) is 30.3 Å². The minimum atomic E-state index is -4.72. The van der Waals surface area contributed by atoms with Crippen LogP contribution in [0.5, 0.6) is 0 Å². The van der Waals surface area contributed by atoms with Crippen LogP contribution in [0.4, 0.5) is 18.2 Å². The zero-order chi connectivity index (χ0) is 25.3. The number of ether oxygens (including phenoxy) is 1. The fourth-order valence-corrected chi connectivity index (χ4v) is 4.78. The first-order valence-electron chi connectivity index (χ1n) is 10.6. The Bertz CT molecular complexity index is 1100. The summed E-state index contributed by atoms with van der Waals surface area (Å²) in [5.41, 5.74) is 3.34. The van der Waals surface area contributed by atoms with Gasteiger partial charge in [-0.05, 0) is 39.0 Å². The molecular formula is C23H26F3N3O4S. The van der Waals surface area contributed by atoms with E-state index in [1.807, 2.05) is 25.7 Å². The monoisotopic (exact) mass is 497 g/mol. The average molecular weight is 498 g/mol. The molecule has 1 aromatic carbocycles. The third kappa shape index (κ3) is 6.02. The van der Waals surface area contributed by atoms with E-state index in [1.165, 1.54) is 18.2 Å². The van der Waals surface area contributed by atoms with Gasteiger partial charge in [0.15, 0.2) is 5.78 Å². The smallest absolute Gasteiger partial charge is 0.375 e. The van der Waals surface area contributed by atoms with Gasteiger partial charge in [-0.3, -0.25) is 19.3 Å². The number of anilines is 1. The van der Waals surface area contributed by atoms with E-state index in [0.29, 0.717) is 18.0 Å². The first kappa shape index (κ1) is 25.9. The molecular weight excluding hydrogens is 471 g/mol. The number of hydrogen-bond donors (Lipinski definition) is 2. The molecule has 184 valence electrons. The topological polar surface area (TPSA) is 102 Å². The summed E-state index contributed by atoms with van der Waals surface area (Å²) < 4.78 is 45.5. The Morgan fingerprint density at radius 1 is 1.24 bits per heavy atom. The quantitative estimate of drug-likeness (QED) is 0.607. The minimum absolute atomic E-state index is 0.00222. The first-order chi connectivity index (χ1) is 15.8. The average Bonchev–Trinajstić information content (AvgIpc) is 3.12. The molecule has 1 fully saturated rings. The Morgan fingerprint density at radius 3 is 2.56 bits per heavy atom. The lowest BCUT2D eigenvalue weighted by atomic mass is 10.00. The number of alkyl halides is 3. The van der Waals surface area contributed by atoms with Gasteiger partial charge >= 0.3 is 6.18 Å². The third-order valence-electron chi connectivity index (χ3n) is 5.55. The minimum Gasteiger partial charge on any atom is -0.375 e. The van der Waals surface area contributed by atoms with Crippen molar-refractivity contribution < 1.29 is 32.3 Å². The van der Waals surface area contributed by atoms with Crippen molar-refractivity contribution in [3.05, 3.63) is 51.9 Å². The van der Waals surface area contributed by atoms with Gasteiger partial charge in [0.2, 0.25) is 0 Å². The molecule has 3 N–H and O–H groups in total. The van der Waals surface area contributed by atoms with Gasteiger partial charge in [-0.25, -0.2) is 0 Å². The standard InChI is InChI=1S/C23H26F3N3O4S/c1-13-10-29(22(2,3)12-33-13)11-14(30)8-15-9-17(19(27)31)21(34-15)28-20(32)16-6-4-5-7-18(16)23(24,25)26/h4-7,9,13H,8,10-12H2,1-3H3,(H2,27,31)(H,28,32). The third-order valence-corrected chi connectivity index (χ3v) is 6.60. The number of halogens is 3. The van der Waals surface area contributed by atoms with E-state index in [2.05, 4.69) is 5.32 Å². The van der Waals surface area contributed by atoms with Crippen molar-refractivity contribution >= 4 is 33.9 Å². The fraction of sp³-hybridized carbons (Fsp3) is 0.435. The summed E-state index contributed by atoms with van der Waals surface area (Å²) in [5, 5.41) is 2.35. The molecule has 0 bridgehead atoms. The van der Waals surface area contributed by atoms with Gasteiger partial charge in [-0.15, -0.1) is 11.3 Å². The number of benzene rings is 1. The zero-order valence-electron chi connectivity index (χ0n) is 19.0. The molecule has 1 aliphatic heterocycles. The number of rotatable bonds is 7.